The molecule has 0 radical (unpaired) electrons. The van der Waals surface area contributed by atoms with Gasteiger partial charge in [-0.15, -0.1) is 0 Å². The Hall–Kier alpha value is -0.830. The van der Waals surface area contributed by atoms with E-state index in [0.29, 0.717) is 0 Å². The van der Waals surface area contributed by atoms with Gasteiger partial charge in [0.25, 0.3) is 0 Å². The highest BCUT2D eigenvalue weighted by Crippen LogP contribution is 2.15. The molecule has 0 saturated carbocycles. The SMILES string of the molecule is C=C(Cl)CC(C(C)=O)C(=O)OCC. The van der Waals surface area contributed by atoms with Crippen molar-refractivity contribution in [2.45, 2.75) is 20.3 Å². The fraction of sp³-hybridized carbons (Fsp3) is 0.556. The van der Waals surface area contributed by atoms with Crippen LogP contribution < -0.4 is 0 Å². The Morgan fingerprint density at radius 1 is 1.54 bits per heavy atom. The molecule has 0 fully saturated rings. The normalized spacial score (nSPS) is 11.9. The van der Waals surface area contributed by atoms with E-state index in [-0.39, 0.29) is 23.8 Å². The summed E-state index contributed by atoms with van der Waals surface area (Å²) in [6, 6.07) is 0. The Bertz CT molecular complexity index is 223. The van der Waals surface area contributed by atoms with E-state index < -0.39 is 11.9 Å². The largest absolute Gasteiger partial charge is 0.465 e. The smallest absolute Gasteiger partial charge is 0.316 e. The molecule has 0 saturated heterocycles. The third-order valence-corrected chi connectivity index (χ3v) is 1.64. The maximum atomic E-state index is 11.2. The zero-order chi connectivity index (χ0) is 10.4. The molecule has 74 valence electrons. The quantitative estimate of drug-likeness (QED) is 0.508. The zero-order valence-corrected chi connectivity index (χ0v) is 8.56. The number of Topliss-reactive ketones (excluding diaryl/α,β-unsaturated/α-hetero) is 1. The van der Waals surface area contributed by atoms with Gasteiger partial charge in [-0.3, -0.25) is 9.59 Å². The molecule has 3 nitrogen and oxygen atoms in total. The molecular formula is C9H13ClO3. The van der Waals surface area contributed by atoms with Gasteiger partial charge in [0.1, 0.15) is 11.7 Å². The van der Waals surface area contributed by atoms with E-state index in [9.17, 15) is 9.59 Å². The van der Waals surface area contributed by atoms with Crippen LogP contribution in [0.5, 0.6) is 0 Å². The van der Waals surface area contributed by atoms with Crippen LogP contribution in [0.25, 0.3) is 0 Å². The topological polar surface area (TPSA) is 43.4 Å². The molecule has 1 unspecified atom stereocenters. The minimum Gasteiger partial charge on any atom is -0.465 e. The molecule has 0 aromatic rings. The Morgan fingerprint density at radius 3 is 2.38 bits per heavy atom. The molecule has 0 aromatic carbocycles. The summed E-state index contributed by atoms with van der Waals surface area (Å²) in [5, 5.41) is 0.285. The fourth-order valence-electron chi connectivity index (χ4n) is 0.857. The number of esters is 1. The summed E-state index contributed by atoms with van der Waals surface area (Å²) in [6.45, 7) is 6.71. The lowest BCUT2D eigenvalue weighted by molar-refractivity contribution is -0.150. The van der Waals surface area contributed by atoms with E-state index in [0.717, 1.165) is 0 Å². The third-order valence-electron chi connectivity index (χ3n) is 1.49. The van der Waals surface area contributed by atoms with Gasteiger partial charge in [-0.05, 0) is 13.8 Å². The molecule has 1 atom stereocenters. The number of allylic oxidation sites excluding steroid dienone is 1. The molecule has 0 aliphatic carbocycles. The van der Waals surface area contributed by atoms with E-state index >= 15 is 0 Å². The average Bonchev–Trinajstić information content (AvgIpc) is 1.99. The van der Waals surface area contributed by atoms with Crippen molar-refractivity contribution in [3.8, 4) is 0 Å². The molecule has 0 aliphatic rings. The summed E-state index contributed by atoms with van der Waals surface area (Å²) < 4.78 is 4.71. The van der Waals surface area contributed by atoms with Crippen LogP contribution in [0.15, 0.2) is 11.6 Å². The number of carbonyl (C=O) groups is 2. The maximum Gasteiger partial charge on any atom is 0.316 e. The van der Waals surface area contributed by atoms with Crippen molar-refractivity contribution in [2.75, 3.05) is 6.61 Å². The van der Waals surface area contributed by atoms with Crippen LogP contribution in [0.4, 0.5) is 0 Å². The average molecular weight is 205 g/mol. The maximum absolute atomic E-state index is 11.2. The Balaban J connectivity index is 4.32. The Kier molecular flexibility index (Phi) is 5.39. The van der Waals surface area contributed by atoms with Crippen molar-refractivity contribution in [1.82, 2.24) is 0 Å². The number of hydrogen-bond acceptors (Lipinski definition) is 3. The van der Waals surface area contributed by atoms with Gasteiger partial charge < -0.3 is 4.74 Å². The third kappa shape index (κ3) is 4.68. The van der Waals surface area contributed by atoms with Gasteiger partial charge in [0.15, 0.2) is 0 Å². The number of halogens is 1. The van der Waals surface area contributed by atoms with Gasteiger partial charge in [-0.2, -0.15) is 0 Å². The second-order valence-corrected chi connectivity index (χ2v) is 3.17. The first-order valence-corrected chi connectivity index (χ1v) is 4.37. The summed E-state index contributed by atoms with van der Waals surface area (Å²) in [5.41, 5.74) is 0. The molecule has 4 heteroatoms. The Labute approximate surface area is 82.7 Å². The number of ketones is 1. The summed E-state index contributed by atoms with van der Waals surface area (Å²) >= 11 is 5.51. The monoisotopic (exact) mass is 204 g/mol. The predicted molar refractivity (Wildman–Crippen MR) is 50.4 cm³/mol. The Morgan fingerprint density at radius 2 is 2.08 bits per heavy atom. The van der Waals surface area contributed by atoms with Gasteiger partial charge in [0.05, 0.1) is 6.61 Å². The van der Waals surface area contributed by atoms with E-state index in [1.807, 2.05) is 0 Å². The van der Waals surface area contributed by atoms with Gasteiger partial charge in [0, 0.05) is 11.5 Å². The van der Waals surface area contributed by atoms with E-state index in [1.165, 1.54) is 6.92 Å². The van der Waals surface area contributed by atoms with Crippen LogP contribution in [-0.2, 0) is 14.3 Å². The first kappa shape index (κ1) is 12.2. The number of hydrogen-bond donors (Lipinski definition) is 0. The van der Waals surface area contributed by atoms with Gasteiger partial charge in [-0.1, -0.05) is 18.2 Å². The first-order valence-electron chi connectivity index (χ1n) is 3.99. The minimum atomic E-state index is -0.801. The lowest BCUT2D eigenvalue weighted by Gasteiger charge is -2.10. The second-order valence-electron chi connectivity index (χ2n) is 2.64. The number of rotatable bonds is 5. The molecule has 0 aromatic heterocycles. The van der Waals surface area contributed by atoms with Crippen LogP contribution in [0.1, 0.15) is 20.3 Å². The number of carbonyl (C=O) groups excluding carboxylic acids is 2. The highest BCUT2D eigenvalue weighted by atomic mass is 35.5. The van der Waals surface area contributed by atoms with Crippen LogP contribution in [0.3, 0.4) is 0 Å². The minimum absolute atomic E-state index is 0.149. The van der Waals surface area contributed by atoms with Crippen molar-refractivity contribution in [3.63, 3.8) is 0 Å². The highest BCUT2D eigenvalue weighted by molar-refractivity contribution is 6.29. The van der Waals surface area contributed by atoms with Gasteiger partial charge in [-0.25, -0.2) is 0 Å². The van der Waals surface area contributed by atoms with E-state index in [1.54, 1.807) is 6.92 Å². The highest BCUT2D eigenvalue weighted by Gasteiger charge is 2.24. The molecule has 0 rings (SSSR count). The predicted octanol–water partition coefficient (Wildman–Crippen LogP) is 1.90. The fourth-order valence-corrected chi connectivity index (χ4v) is 1.01. The molecule has 0 aliphatic heterocycles. The molecule has 0 bridgehead atoms. The van der Waals surface area contributed by atoms with E-state index in [4.69, 9.17) is 16.3 Å². The molecule has 0 N–H and O–H groups in total. The van der Waals surface area contributed by atoms with Crippen molar-refractivity contribution < 1.29 is 14.3 Å². The molecule has 13 heavy (non-hydrogen) atoms. The van der Waals surface area contributed by atoms with Crippen LogP contribution in [0, 0.1) is 5.92 Å². The number of ether oxygens (including phenoxy) is 1. The lowest BCUT2D eigenvalue weighted by atomic mass is 10.0. The standard InChI is InChI=1S/C9H13ClO3/c1-4-13-9(12)8(7(3)11)5-6(2)10/h8H,2,4-5H2,1,3H3. The summed E-state index contributed by atoms with van der Waals surface area (Å²) in [5.74, 6) is -1.58. The van der Waals surface area contributed by atoms with Gasteiger partial charge >= 0.3 is 5.97 Å². The zero-order valence-electron chi connectivity index (χ0n) is 7.80. The van der Waals surface area contributed by atoms with Crippen molar-refractivity contribution in [2.24, 2.45) is 5.92 Å². The summed E-state index contributed by atoms with van der Waals surface area (Å²) in [4.78, 5) is 22.2. The molecule has 0 heterocycles. The summed E-state index contributed by atoms with van der Waals surface area (Å²) in [6.07, 6.45) is 0.149. The van der Waals surface area contributed by atoms with Crippen LogP contribution in [0.2, 0.25) is 0 Å². The van der Waals surface area contributed by atoms with Crippen molar-refractivity contribution >= 4 is 23.4 Å². The molecular weight excluding hydrogens is 192 g/mol. The first-order chi connectivity index (χ1) is 5.99. The molecule has 0 amide bonds. The van der Waals surface area contributed by atoms with Crippen LogP contribution in [-0.4, -0.2) is 18.4 Å². The van der Waals surface area contributed by atoms with Gasteiger partial charge in [0.2, 0.25) is 0 Å². The lowest BCUT2D eigenvalue weighted by Crippen LogP contribution is -2.24. The molecule has 0 spiro atoms. The second kappa shape index (κ2) is 5.75. The van der Waals surface area contributed by atoms with Crippen molar-refractivity contribution in [1.29, 1.82) is 0 Å². The van der Waals surface area contributed by atoms with Crippen LogP contribution >= 0.6 is 11.6 Å². The summed E-state index contributed by atoms with van der Waals surface area (Å²) in [7, 11) is 0. The van der Waals surface area contributed by atoms with Crippen molar-refractivity contribution in [3.05, 3.63) is 11.6 Å². The van der Waals surface area contributed by atoms with E-state index in [2.05, 4.69) is 6.58 Å².